The second-order valence-electron chi connectivity index (χ2n) is 9.22. The molecule has 3 aliphatic rings. The summed E-state index contributed by atoms with van der Waals surface area (Å²) in [4.78, 5) is 23.2. The molecule has 0 unspecified atom stereocenters. The molecule has 3 aromatic rings. The number of nitrogens with zero attached hydrogens (tertiary/aromatic N) is 2. The predicted octanol–water partition coefficient (Wildman–Crippen LogP) is 3.92. The van der Waals surface area contributed by atoms with Crippen LogP contribution in [0.4, 0.5) is 0 Å². The number of rotatable bonds is 4. The monoisotopic (exact) mass is 441 g/mol. The molecule has 2 bridgehead atoms. The number of aromatic nitrogens is 1. The van der Waals surface area contributed by atoms with Crippen molar-refractivity contribution in [2.75, 3.05) is 6.61 Å². The van der Waals surface area contributed by atoms with Crippen LogP contribution in [0.25, 0.3) is 10.9 Å². The van der Waals surface area contributed by atoms with Crippen molar-refractivity contribution in [1.82, 2.24) is 9.88 Å². The second kappa shape index (κ2) is 7.68. The molecular formula is C27H27N3O3. The van der Waals surface area contributed by atoms with Crippen LogP contribution < -0.4 is 0 Å². The van der Waals surface area contributed by atoms with Crippen molar-refractivity contribution in [3.05, 3.63) is 83.2 Å². The molecular weight excluding hydrogens is 414 g/mol. The summed E-state index contributed by atoms with van der Waals surface area (Å²) in [7, 11) is 0. The maximum atomic E-state index is 12.8. The number of H-pyrrole nitrogens is 1. The normalized spacial score (nSPS) is 28.2. The number of fused-ring (bicyclic) bond motifs is 8. The van der Waals surface area contributed by atoms with Crippen LogP contribution in [0, 0.1) is 5.92 Å². The largest absolute Gasteiger partial charge is 0.463 e. The third-order valence-corrected chi connectivity index (χ3v) is 7.52. The zero-order chi connectivity index (χ0) is 22.6. The predicted molar refractivity (Wildman–Crippen MR) is 127 cm³/mol. The Kier molecular flexibility index (Phi) is 4.75. The number of para-hydroxylation sites is 1. The summed E-state index contributed by atoms with van der Waals surface area (Å²) < 4.78 is 5.32. The van der Waals surface area contributed by atoms with Crippen LogP contribution in [0.3, 0.4) is 0 Å². The Balaban J connectivity index is 1.49. The molecule has 0 radical (unpaired) electrons. The first-order valence-corrected chi connectivity index (χ1v) is 11.6. The van der Waals surface area contributed by atoms with Crippen LogP contribution >= 0.6 is 0 Å². The highest BCUT2D eigenvalue weighted by atomic mass is 16.5. The number of ether oxygens (including phenoxy) is 1. The van der Waals surface area contributed by atoms with E-state index in [9.17, 15) is 9.90 Å². The number of aliphatic imine (C=N–C) groups is 1. The van der Waals surface area contributed by atoms with Gasteiger partial charge >= 0.3 is 5.97 Å². The third-order valence-electron chi connectivity index (χ3n) is 7.52. The number of piperidine rings is 1. The summed E-state index contributed by atoms with van der Waals surface area (Å²) in [5, 5.41) is 13.3. The lowest BCUT2D eigenvalue weighted by molar-refractivity contribution is -0.143. The Morgan fingerprint density at radius 2 is 2.00 bits per heavy atom. The van der Waals surface area contributed by atoms with Crippen molar-refractivity contribution >= 4 is 23.1 Å². The smallest absolute Gasteiger partial charge is 0.335 e. The van der Waals surface area contributed by atoms with Crippen LogP contribution in [-0.2, 0) is 22.5 Å². The summed E-state index contributed by atoms with van der Waals surface area (Å²) in [5.41, 5.74) is 3.98. The van der Waals surface area contributed by atoms with Gasteiger partial charge in [0.25, 0.3) is 0 Å². The number of hydrogen-bond acceptors (Lipinski definition) is 5. The highest BCUT2D eigenvalue weighted by Crippen LogP contribution is 2.52. The van der Waals surface area contributed by atoms with E-state index >= 15 is 0 Å². The Bertz CT molecular complexity index is 1280. The highest BCUT2D eigenvalue weighted by molar-refractivity contribution is 5.93. The van der Waals surface area contributed by atoms with E-state index in [1.54, 1.807) is 19.3 Å². The Hall–Kier alpha value is -3.22. The topological polar surface area (TPSA) is 77.9 Å². The maximum absolute atomic E-state index is 12.8. The molecule has 0 amide bonds. The molecule has 1 saturated heterocycles. The number of aliphatic hydroxyl groups is 1. The van der Waals surface area contributed by atoms with Gasteiger partial charge in [0.15, 0.2) is 0 Å². The molecule has 0 saturated carbocycles. The molecule has 168 valence electrons. The number of benzene rings is 2. The van der Waals surface area contributed by atoms with Gasteiger partial charge in [-0.3, -0.25) is 9.89 Å². The van der Waals surface area contributed by atoms with E-state index in [-0.39, 0.29) is 24.0 Å². The number of carbonyl (C=O) groups is 1. The van der Waals surface area contributed by atoms with E-state index in [1.807, 2.05) is 24.3 Å². The fourth-order valence-corrected chi connectivity index (χ4v) is 6.05. The lowest BCUT2D eigenvalue weighted by Crippen LogP contribution is -2.66. The van der Waals surface area contributed by atoms with Crippen LogP contribution in [-0.4, -0.2) is 45.4 Å². The number of esters is 1. The van der Waals surface area contributed by atoms with Gasteiger partial charge in [0.1, 0.15) is 5.60 Å². The zero-order valence-corrected chi connectivity index (χ0v) is 18.6. The summed E-state index contributed by atoms with van der Waals surface area (Å²) in [6.07, 6.45) is 4.51. The molecule has 33 heavy (non-hydrogen) atoms. The number of carbonyl (C=O) groups excluding carboxylic acids is 1. The molecule has 6 nitrogen and oxygen atoms in total. The van der Waals surface area contributed by atoms with Crippen LogP contribution in [0.2, 0.25) is 0 Å². The molecule has 6 heteroatoms. The summed E-state index contributed by atoms with van der Waals surface area (Å²) >= 11 is 0. The maximum Gasteiger partial charge on any atom is 0.335 e. The standard InChI is InChI=1S/C27H27N3O3/c1-2-33-26(31)20-14-28-16-27(32)21(20)13-23-25-19(18-10-6-7-11-22(18)29-25)12-24(27)30(23)15-17-8-4-3-5-9-17/h3-11,14,16,21,23-24,29,32H,2,12-13,15H2,1H3/t21-,23-,24-,27+/m0/s1. The SMILES string of the molecule is CCOC(=O)C1=CN=C[C@]2(O)[C@@H]3Cc4c([nH]c5ccccc45)[C@H](C[C@@H]12)N3Cc1ccccc1. The molecule has 1 fully saturated rings. The molecule has 3 aliphatic heterocycles. The minimum Gasteiger partial charge on any atom is -0.463 e. The van der Waals surface area contributed by atoms with Gasteiger partial charge in [-0.25, -0.2) is 4.79 Å². The van der Waals surface area contributed by atoms with Gasteiger partial charge in [-0.05, 0) is 37.0 Å². The van der Waals surface area contributed by atoms with Crippen molar-refractivity contribution in [2.45, 2.75) is 44.0 Å². The minimum atomic E-state index is -1.25. The lowest BCUT2D eigenvalue weighted by atomic mass is 9.64. The average Bonchev–Trinajstić information content (AvgIpc) is 3.19. The lowest BCUT2D eigenvalue weighted by Gasteiger charge is -2.56. The van der Waals surface area contributed by atoms with Crippen molar-refractivity contribution in [1.29, 1.82) is 0 Å². The van der Waals surface area contributed by atoms with Gasteiger partial charge in [-0.2, -0.15) is 0 Å². The van der Waals surface area contributed by atoms with Crippen molar-refractivity contribution in [3.8, 4) is 0 Å². The molecule has 6 rings (SSSR count). The molecule has 4 atom stereocenters. The molecule has 2 aromatic carbocycles. The van der Waals surface area contributed by atoms with Crippen LogP contribution in [0.1, 0.15) is 36.2 Å². The summed E-state index contributed by atoms with van der Waals surface area (Å²) in [6.45, 7) is 2.81. The minimum absolute atomic E-state index is 0.0426. The van der Waals surface area contributed by atoms with Gasteiger partial charge in [0.05, 0.1) is 18.2 Å². The molecule has 1 aromatic heterocycles. The number of hydrogen-bond donors (Lipinski definition) is 2. The average molecular weight is 442 g/mol. The fourth-order valence-electron chi connectivity index (χ4n) is 6.05. The van der Waals surface area contributed by atoms with E-state index in [0.29, 0.717) is 31.6 Å². The van der Waals surface area contributed by atoms with Gasteiger partial charge in [-0.1, -0.05) is 48.5 Å². The first-order valence-electron chi connectivity index (χ1n) is 11.6. The zero-order valence-electron chi connectivity index (χ0n) is 18.6. The second-order valence-corrected chi connectivity index (χ2v) is 9.22. The van der Waals surface area contributed by atoms with Crippen molar-refractivity contribution < 1.29 is 14.6 Å². The van der Waals surface area contributed by atoms with E-state index in [4.69, 9.17) is 4.74 Å². The Morgan fingerprint density at radius 3 is 2.82 bits per heavy atom. The molecule has 2 N–H and O–H groups in total. The third kappa shape index (κ3) is 3.09. The van der Waals surface area contributed by atoms with Crippen LogP contribution in [0.5, 0.6) is 0 Å². The first-order chi connectivity index (χ1) is 16.1. The van der Waals surface area contributed by atoms with Gasteiger partial charge in [-0.15, -0.1) is 0 Å². The van der Waals surface area contributed by atoms with Gasteiger partial charge in [0.2, 0.25) is 0 Å². The van der Waals surface area contributed by atoms with E-state index < -0.39 is 5.60 Å². The number of aromatic amines is 1. The number of nitrogens with one attached hydrogen (secondary N) is 1. The molecule has 4 heterocycles. The Labute approximate surface area is 192 Å². The molecule has 0 spiro atoms. The van der Waals surface area contributed by atoms with Gasteiger partial charge in [0, 0.05) is 47.5 Å². The first kappa shape index (κ1) is 20.4. The van der Waals surface area contributed by atoms with E-state index in [1.165, 1.54) is 22.2 Å². The molecule has 0 aliphatic carbocycles. The quantitative estimate of drug-likeness (QED) is 0.602. The summed E-state index contributed by atoms with van der Waals surface area (Å²) in [5.74, 6) is -0.750. The van der Waals surface area contributed by atoms with Gasteiger partial charge < -0.3 is 14.8 Å². The fraction of sp³-hybridized carbons (Fsp3) is 0.333. The van der Waals surface area contributed by atoms with Crippen molar-refractivity contribution in [2.24, 2.45) is 10.9 Å². The van der Waals surface area contributed by atoms with Crippen molar-refractivity contribution in [3.63, 3.8) is 0 Å². The van der Waals surface area contributed by atoms with Crippen LogP contribution in [0.15, 0.2) is 71.4 Å². The highest BCUT2D eigenvalue weighted by Gasteiger charge is 2.58. The summed E-state index contributed by atoms with van der Waals surface area (Å²) in [6, 6.07) is 18.5. The Morgan fingerprint density at radius 1 is 1.21 bits per heavy atom. The van der Waals surface area contributed by atoms with E-state index in [0.717, 1.165) is 5.52 Å². The van der Waals surface area contributed by atoms with E-state index in [2.05, 4.69) is 45.2 Å².